The van der Waals surface area contributed by atoms with Gasteiger partial charge in [-0.3, -0.25) is 0 Å². The first-order valence-corrected chi connectivity index (χ1v) is 11.0. The molecule has 4 rings (SSSR count). The van der Waals surface area contributed by atoms with Crippen LogP contribution in [0.25, 0.3) is 10.2 Å². The van der Waals surface area contributed by atoms with Gasteiger partial charge in [0.1, 0.15) is 11.2 Å². The van der Waals surface area contributed by atoms with E-state index in [0.29, 0.717) is 10.2 Å². The number of benzene rings is 1. The van der Waals surface area contributed by atoms with Crippen molar-refractivity contribution in [3.05, 3.63) is 35.2 Å². The molecule has 0 saturated carbocycles. The lowest BCUT2D eigenvalue weighted by molar-refractivity contribution is -0.275. The van der Waals surface area contributed by atoms with Gasteiger partial charge < -0.3 is 14.4 Å². The molecule has 1 fully saturated rings. The van der Waals surface area contributed by atoms with Crippen LogP contribution in [-0.2, 0) is 5.41 Å². The molecule has 3 aromatic rings. The van der Waals surface area contributed by atoms with Crippen molar-refractivity contribution in [3.63, 3.8) is 0 Å². The number of hydrogen-bond donors (Lipinski definition) is 0. The maximum absolute atomic E-state index is 14.5. The van der Waals surface area contributed by atoms with E-state index in [4.69, 9.17) is 4.74 Å². The van der Waals surface area contributed by atoms with Gasteiger partial charge in [-0.1, -0.05) is 26.8 Å². The summed E-state index contributed by atoms with van der Waals surface area (Å²) < 4.78 is 62.8. The van der Waals surface area contributed by atoms with Gasteiger partial charge in [-0.2, -0.15) is 0 Å². The first-order chi connectivity index (χ1) is 15.0. The molecule has 2 aromatic heterocycles. The van der Waals surface area contributed by atoms with E-state index in [9.17, 15) is 17.6 Å². The molecular weight excluding hydrogens is 446 g/mol. The van der Waals surface area contributed by atoms with Gasteiger partial charge in [0.05, 0.1) is 11.1 Å². The fourth-order valence-corrected chi connectivity index (χ4v) is 5.11. The van der Waals surface area contributed by atoms with Crippen molar-refractivity contribution in [3.8, 4) is 17.4 Å². The normalized spacial score (nSPS) is 17.2. The summed E-state index contributed by atoms with van der Waals surface area (Å²) in [5.41, 5.74) is 0.677. The Morgan fingerprint density at radius 3 is 2.53 bits per heavy atom. The molecule has 10 heteroatoms. The van der Waals surface area contributed by atoms with Gasteiger partial charge in [0, 0.05) is 17.5 Å². The van der Waals surface area contributed by atoms with E-state index in [0.717, 1.165) is 48.2 Å². The summed E-state index contributed by atoms with van der Waals surface area (Å²) in [7, 11) is 0. The van der Waals surface area contributed by atoms with Crippen molar-refractivity contribution >= 4 is 27.2 Å². The second-order valence-corrected chi connectivity index (χ2v) is 9.79. The number of fused-ring (bicyclic) bond motifs is 1. The third-order valence-corrected chi connectivity index (χ3v) is 6.82. The van der Waals surface area contributed by atoms with Crippen molar-refractivity contribution in [1.29, 1.82) is 0 Å². The van der Waals surface area contributed by atoms with Crippen LogP contribution >= 0.6 is 11.3 Å². The molecule has 1 saturated heterocycles. The zero-order chi connectivity index (χ0) is 23.3. The number of hydrogen-bond acceptors (Lipinski definition) is 6. The van der Waals surface area contributed by atoms with Crippen LogP contribution in [0.2, 0.25) is 0 Å². The fourth-order valence-electron chi connectivity index (χ4n) is 3.91. The summed E-state index contributed by atoms with van der Waals surface area (Å²) in [4.78, 5) is 12.5. The monoisotopic (exact) mass is 469 g/mol. The molecule has 0 amide bonds. The van der Waals surface area contributed by atoms with E-state index in [1.54, 1.807) is 0 Å². The van der Waals surface area contributed by atoms with E-state index in [1.807, 2.05) is 0 Å². The number of alkyl halides is 3. The van der Waals surface area contributed by atoms with E-state index >= 15 is 0 Å². The Hall–Kier alpha value is -2.62. The Morgan fingerprint density at radius 1 is 1.16 bits per heavy atom. The number of para-hydroxylation sites is 1. The second kappa shape index (κ2) is 8.06. The van der Waals surface area contributed by atoms with E-state index in [2.05, 4.69) is 47.3 Å². The number of ether oxygens (including phenoxy) is 2. The van der Waals surface area contributed by atoms with Crippen LogP contribution in [0.5, 0.6) is 17.4 Å². The Labute approximate surface area is 187 Å². The van der Waals surface area contributed by atoms with E-state index < -0.39 is 23.7 Å². The quantitative estimate of drug-likeness (QED) is 0.393. The highest BCUT2D eigenvalue weighted by molar-refractivity contribution is 7.19. The Balaban J connectivity index is 1.90. The van der Waals surface area contributed by atoms with Crippen molar-refractivity contribution in [2.75, 3.05) is 11.4 Å². The van der Waals surface area contributed by atoms with E-state index in [1.165, 1.54) is 17.7 Å². The zero-order valence-corrected chi connectivity index (χ0v) is 18.9. The van der Waals surface area contributed by atoms with Gasteiger partial charge in [0.15, 0.2) is 11.6 Å². The molecule has 1 unspecified atom stereocenters. The van der Waals surface area contributed by atoms with Crippen molar-refractivity contribution in [2.45, 2.75) is 58.4 Å². The first kappa shape index (κ1) is 22.6. The highest BCUT2D eigenvalue weighted by Crippen LogP contribution is 2.49. The van der Waals surface area contributed by atoms with Gasteiger partial charge in [-0.15, -0.1) is 24.5 Å². The molecule has 1 aromatic carbocycles. The minimum atomic E-state index is -5.00. The predicted molar refractivity (Wildman–Crippen MR) is 115 cm³/mol. The summed E-state index contributed by atoms with van der Waals surface area (Å²) in [6, 6.07) is 3.40. The lowest BCUT2D eigenvalue weighted by Crippen LogP contribution is -2.28. The van der Waals surface area contributed by atoms with Gasteiger partial charge in [-0.25, -0.2) is 14.4 Å². The number of anilines is 1. The van der Waals surface area contributed by atoms with E-state index in [-0.39, 0.29) is 17.3 Å². The standard InChI is InChI=1S/C22H23F4N3O2S/c1-12-7-6-10-29(12)16-15-19(27-11-28-20(15)32-18(16)21(2,3)4)30-17-13(23)8-5-9-14(17)31-22(24,25)26/h5,8-9,11-12H,6-7,10H2,1-4H3. The molecule has 0 spiro atoms. The second-order valence-electron chi connectivity index (χ2n) is 8.79. The summed E-state index contributed by atoms with van der Waals surface area (Å²) in [6.45, 7) is 9.21. The molecule has 1 aliphatic heterocycles. The van der Waals surface area contributed by atoms with Gasteiger partial charge in [0.2, 0.25) is 11.6 Å². The summed E-state index contributed by atoms with van der Waals surface area (Å²) in [6.07, 6.45) is -1.70. The molecular formula is C22H23F4N3O2S. The molecule has 0 radical (unpaired) electrons. The maximum atomic E-state index is 14.5. The molecule has 1 aliphatic rings. The third kappa shape index (κ3) is 4.32. The van der Waals surface area contributed by atoms with Crippen molar-refractivity contribution in [2.24, 2.45) is 0 Å². The average molecular weight is 470 g/mol. The number of aromatic nitrogens is 2. The molecule has 1 atom stereocenters. The number of nitrogens with zero attached hydrogens (tertiary/aromatic N) is 3. The van der Waals surface area contributed by atoms with Crippen LogP contribution in [0.1, 0.15) is 45.4 Å². The average Bonchev–Trinajstić information content (AvgIpc) is 3.26. The highest BCUT2D eigenvalue weighted by Gasteiger charge is 2.35. The summed E-state index contributed by atoms with van der Waals surface area (Å²) >= 11 is 1.49. The Kier molecular flexibility index (Phi) is 5.68. The van der Waals surface area contributed by atoms with Crippen LogP contribution in [-0.4, -0.2) is 28.9 Å². The molecule has 32 heavy (non-hydrogen) atoms. The summed E-state index contributed by atoms with van der Waals surface area (Å²) in [5, 5.41) is 0.567. The minimum absolute atomic E-state index is 0.00651. The lowest BCUT2D eigenvalue weighted by Gasteiger charge is -2.29. The predicted octanol–water partition coefficient (Wildman–Crippen LogP) is 6.81. The Bertz CT molecular complexity index is 1140. The lowest BCUT2D eigenvalue weighted by atomic mass is 9.92. The third-order valence-electron chi connectivity index (χ3n) is 5.30. The smallest absolute Gasteiger partial charge is 0.431 e. The maximum Gasteiger partial charge on any atom is 0.573 e. The summed E-state index contributed by atoms with van der Waals surface area (Å²) in [5.74, 6) is -2.44. The van der Waals surface area contributed by atoms with Crippen LogP contribution in [0.15, 0.2) is 24.5 Å². The molecule has 5 nitrogen and oxygen atoms in total. The van der Waals surface area contributed by atoms with Gasteiger partial charge >= 0.3 is 6.36 Å². The topological polar surface area (TPSA) is 47.5 Å². The van der Waals surface area contributed by atoms with Gasteiger partial charge in [-0.05, 0) is 37.3 Å². The van der Waals surface area contributed by atoms with Gasteiger partial charge in [0.25, 0.3) is 0 Å². The van der Waals surface area contributed by atoms with Crippen molar-refractivity contribution < 1.29 is 27.0 Å². The van der Waals surface area contributed by atoms with Crippen molar-refractivity contribution in [1.82, 2.24) is 9.97 Å². The fraction of sp³-hybridized carbons (Fsp3) is 0.455. The molecule has 172 valence electrons. The van der Waals surface area contributed by atoms with Crippen LogP contribution in [0.4, 0.5) is 23.2 Å². The Morgan fingerprint density at radius 2 is 1.91 bits per heavy atom. The number of thiophene rings is 1. The number of halogens is 4. The van der Waals surface area contributed by atoms with Crippen LogP contribution < -0.4 is 14.4 Å². The zero-order valence-electron chi connectivity index (χ0n) is 18.1. The first-order valence-electron chi connectivity index (χ1n) is 10.2. The van der Waals surface area contributed by atoms with Crippen LogP contribution in [0, 0.1) is 5.82 Å². The number of rotatable bonds is 4. The van der Waals surface area contributed by atoms with Crippen LogP contribution in [0.3, 0.4) is 0 Å². The minimum Gasteiger partial charge on any atom is -0.431 e. The molecule has 0 aliphatic carbocycles. The highest BCUT2D eigenvalue weighted by atomic mass is 32.1. The molecule has 0 bridgehead atoms. The largest absolute Gasteiger partial charge is 0.573 e. The molecule has 3 heterocycles. The molecule has 0 N–H and O–H groups in total. The SMILES string of the molecule is CC1CCCN1c1c(C(C)(C)C)sc2ncnc(Oc3c(F)cccc3OC(F)(F)F)c12.